The molecule has 0 saturated heterocycles. The first-order valence-electron chi connectivity index (χ1n) is 26.3. The average Bonchev–Trinajstić information content (AvgIpc) is 3.94. The van der Waals surface area contributed by atoms with Gasteiger partial charge in [0.25, 0.3) is 0 Å². The Balaban J connectivity index is 0.000000223. The summed E-state index contributed by atoms with van der Waals surface area (Å²) in [4.78, 5) is 9.70. The number of halogens is 1. The van der Waals surface area contributed by atoms with Gasteiger partial charge in [-0.15, -0.1) is 42.0 Å². The zero-order valence-corrected chi connectivity index (χ0v) is 45.8. The van der Waals surface area contributed by atoms with Gasteiger partial charge in [0.15, 0.2) is 0 Å². The molecule has 0 unspecified atom stereocenters. The van der Waals surface area contributed by atoms with E-state index in [2.05, 4.69) is 196 Å². The van der Waals surface area contributed by atoms with Gasteiger partial charge in [0.05, 0.1) is 24.9 Å². The quantitative estimate of drug-likeness (QED) is 0.107. The summed E-state index contributed by atoms with van der Waals surface area (Å²) >= 11 is 1.84. The normalized spacial score (nSPS) is 13.4. The minimum atomic E-state index is -2.42. The van der Waals surface area contributed by atoms with Crippen LogP contribution in [0.1, 0.15) is 89.4 Å². The van der Waals surface area contributed by atoms with Crippen LogP contribution in [0.5, 0.6) is 0 Å². The predicted molar refractivity (Wildman–Crippen MR) is 297 cm³/mol. The first kappa shape index (κ1) is 44.1. The monoisotopic (exact) mass is 1140 g/mol. The number of para-hydroxylation sites is 3. The van der Waals surface area contributed by atoms with Gasteiger partial charge in [-0.1, -0.05) is 200 Å². The van der Waals surface area contributed by atoms with Gasteiger partial charge in [0, 0.05) is 49.4 Å². The molecular weight excluding hydrogens is 1070 g/mol. The largest absolute Gasteiger partial charge is 0.333 e. The third-order valence-electron chi connectivity index (χ3n) is 12.5. The van der Waals surface area contributed by atoms with Crippen molar-refractivity contribution in [2.75, 3.05) is 0 Å². The summed E-state index contributed by atoms with van der Waals surface area (Å²) in [6, 6.07) is 56.1. The van der Waals surface area contributed by atoms with Crippen LogP contribution in [-0.4, -0.2) is 22.6 Å². The zero-order valence-electron chi connectivity index (χ0n) is 46.5. The molecule has 3 heterocycles. The van der Waals surface area contributed by atoms with Gasteiger partial charge in [-0.25, -0.2) is 0 Å². The molecule has 10 aromatic rings. The molecule has 7 aromatic carbocycles. The zero-order chi connectivity index (χ0) is 53.1. The summed E-state index contributed by atoms with van der Waals surface area (Å²) in [6.45, 7) is 18.6. The van der Waals surface area contributed by atoms with Crippen molar-refractivity contribution in [1.29, 1.82) is 0 Å². The first-order valence-corrected chi connectivity index (χ1v) is 28.1. The second kappa shape index (κ2) is 20.5. The van der Waals surface area contributed by atoms with Crippen LogP contribution >= 0.6 is 11.3 Å². The number of pyridine rings is 1. The maximum absolute atomic E-state index is 14.7. The van der Waals surface area contributed by atoms with Crippen molar-refractivity contribution in [3.63, 3.8) is 0 Å². The van der Waals surface area contributed by atoms with Crippen molar-refractivity contribution in [2.45, 2.75) is 93.2 Å². The Bertz CT molecular complexity index is 3660. The van der Waals surface area contributed by atoms with Gasteiger partial charge in [0.1, 0.15) is 0 Å². The fourth-order valence-corrected chi connectivity index (χ4v) is 11.8. The molecule has 3 aromatic heterocycles. The van der Waals surface area contributed by atoms with Crippen molar-refractivity contribution >= 4 is 55.8 Å². The standard InChI is InChI=1S/C43H35N2S.C20H27FNSi.Ir/c1-27(2)33-14-10-15-34(28(3)4)41(33)45-39-19-9-8-18-38(39)44-43(45)37-17-11-16-36-35-25-24-32(26-40(35)46-42(36)37)31-22-20-30(21-23-31)29-12-6-5-7-13-29;1-14-8-9-16(17(21)10-14)18-11-15(12-20(2,3)4)19(13-22-18)23(5,6)7;/h5-16,18-28H,1-4H3;8,10-11,13H,12H2,1-7H3;/q2*-1;/i;1D3,12D2;. The fourth-order valence-electron chi connectivity index (χ4n) is 9.13. The molecule has 0 saturated carbocycles. The Morgan fingerprint density at radius 2 is 1.37 bits per heavy atom. The SMILES string of the molecule is CC(C)c1cccc(C(C)C)c1-n1c(-c2[c-]ccc3c2sc2cc(-c4ccc(-c5ccccc5)cc4)ccc23)nc2ccccc21.[2H]C([2H])([2H])c1c[c-]c(-c2cc(C([2H])([2H])C(C)(C)C)c([Si](C)(C)C)cn2)c(F)c1.[Ir]. The van der Waals surface area contributed by atoms with Crippen molar-refractivity contribution in [1.82, 2.24) is 14.5 Å². The van der Waals surface area contributed by atoms with E-state index in [1.165, 1.54) is 65.3 Å². The summed E-state index contributed by atoms with van der Waals surface area (Å²) < 4.78 is 59.3. The van der Waals surface area contributed by atoms with Gasteiger partial charge in [-0.3, -0.25) is 9.37 Å². The summed E-state index contributed by atoms with van der Waals surface area (Å²) in [6.07, 6.45) is -0.0131. The summed E-state index contributed by atoms with van der Waals surface area (Å²) in [5.41, 5.74) is 12.0. The van der Waals surface area contributed by atoms with E-state index >= 15 is 0 Å². The van der Waals surface area contributed by atoms with Crippen molar-refractivity contribution in [3.8, 4) is 50.6 Å². The number of thiophene rings is 1. The Hall–Kier alpha value is -5.82. The smallest absolute Gasteiger partial charge is 0.0798 e. The second-order valence-electron chi connectivity index (χ2n) is 20.6. The van der Waals surface area contributed by atoms with Crippen LogP contribution in [-0.2, 0) is 26.5 Å². The van der Waals surface area contributed by atoms with E-state index in [0.717, 1.165) is 33.7 Å². The minimum absolute atomic E-state index is 0. The Morgan fingerprint density at radius 1 is 0.729 bits per heavy atom. The van der Waals surface area contributed by atoms with Crippen LogP contribution in [0.4, 0.5) is 4.39 Å². The number of fused-ring (bicyclic) bond motifs is 4. The van der Waals surface area contributed by atoms with E-state index in [0.29, 0.717) is 17.4 Å². The van der Waals surface area contributed by atoms with Crippen LogP contribution in [0.3, 0.4) is 0 Å². The molecule has 10 rings (SSSR count). The van der Waals surface area contributed by atoms with E-state index in [1.807, 2.05) is 32.1 Å². The van der Waals surface area contributed by atoms with E-state index in [9.17, 15) is 4.39 Å². The Labute approximate surface area is 440 Å². The number of imidazole rings is 1. The summed E-state index contributed by atoms with van der Waals surface area (Å²) in [7, 11) is -1.92. The molecule has 0 bridgehead atoms. The van der Waals surface area contributed by atoms with E-state index in [1.54, 1.807) is 12.3 Å². The number of aromatic nitrogens is 3. The van der Waals surface area contributed by atoms with Gasteiger partial charge in [-0.2, -0.15) is 11.3 Å². The molecule has 7 heteroatoms. The fraction of sp³-hybridized carbons (Fsp3) is 0.238. The molecule has 0 spiro atoms. The van der Waals surface area contributed by atoms with Gasteiger partial charge in [-0.05, 0) is 96.2 Å². The number of rotatable bonds is 9. The molecule has 0 fully saturated rings. The van der Waals surface area contributed by atoms with Crippen LogP contribution in [0.2, 0.25) is 19.6 Å². The molecule has 0 atom stereocenters. The van der Waals surface area contributed by atoms with Crippen LogP contribution < -0.4 is 5.19 Å². The number of hydrogen-bond donors (Lipinski definition) is 0. The van der Waals surface area contributed by atoms with Gasteiger partial charge < -0.3 is 9.55 Å². The van der Waals surface area contributed by atoms with Crippen molar-refractivity contribution in [3.05, 3.63) is 192 Å². The Morgan fingerprint density at radius 3 is 2.01 bits per heavy atom. The topological polar surface area (TPSA) is 30.7 Å². The van der Waals surface area contributed by atoms with E-state index in [-0.39, 0.29) is 36.9 Å². The molecule has 1 radical (unpaired) electrons. The first-order chi connectivity index (χ1) is 34.9. The van der Waals surface area contributed by atoms with E-state index < -0.39 is 32.5 Å². The van der Waals surface area contributed by atoms with Gasteiger partial charge in [0.2, 0.25) is 0 Å². The molecule has 3 nitrogen and oxygen atoms in total. The molecule has 357 valence electrons. The van der Waals surface area contributed by atoms with Gasteiger partial charge >= 0.3 is 0 Å². The maximum atomic E-state index is 14.7. The summed E-state index contributed by atoms with van der Waals surface area (Å²) in [5, 5.41) is 3.41. The third kappa shape index (κ3) is 10.5. The van der Waals surface area contributed by atoms with Crippen LogP contribution in [0.15, 0.2) is 152 Å². The number of aryl methyl sites for hydroxylation is 1. The maximum Gasteiger partial charge on any atom is 0.0798 e. The molecule has 0 amide bonds. The van der Waals surface area contributed by atoms with Crippen LogP contribution in [0.25, 0.3) is 81.8 Å². The Kier molecular flexibility index (Phi) is 12.9. The number of benzene rings is 7. The third-order valence-corrected chi connectivity index (χ3v) is 15.7. The average molecular weight is 1140 g/mol. The second-order valence-corrected chi connectivity index (χ2v) is 26.6. The number of hydrogen-bond acceptors (Lipinski definition) is 3. The molecule has 0 aliphatic rings. The van der Waals surface area contributed by atoms with Crippen molar-refractivity contribution < 1.29 is 31.3 Å². The molecule has 0 aliphatic carbocycles. The summed E-state index contributed by atoms with van der Waals surface area (Å²) in [5.74, 6) is 0.952. The molecule has 0 N–H and O–H groups in total. The van der Waals surface area contributed by atoms with E-state index in [4.69, 9.17) is 11.8 Å². The molecular formula is C63H62FIrN3SSi-2. The molecule has 0 aliphatic heterocycles. The van der Waals surface area contributed by atoms with Crippen molar-refractivity contribution in [2.24, 2.45) is 5.41 Å². The minimum Gasteiger partial charge on any atom is -0.333 e. The predicted octanol–water partition coefficient (Wildman–Crippen LogP) is 17.6. The number of nitrogens with zero attached hydrogens (tertiary/aromatic N) is 3. The molecule has 70 heavy (non-hydrogen) atoms. The van der Waals surface area contributed by atoms with Crippen LogP contribution in [0, 0.1) is 30.2 Å².